The van der Waals surface area contributed by atoms with Crippen LogP contribution in [0.5, 0.6) is 5.75 Å². The summed E-state index contributed by atoms with van der Waals surface area (Å²) in [6, 6.07) is 18.0. The van der Waals surface area contributed by atoms with Crippen molar-refractivity contribution < 1.29 is 9.53 Å². The van der Waals surface area contributed by atoms with E-state index in [0.717, 1.165) is 43.4 Å². The van der Waals surface area contributed by atoms with E-state index < -0.39 is 0 Å². The number of ketones is 1. The van der Waals surface area contributed by atoms with Gasteiger partial charge in [0.05, 0.1) is 18.2 Å². The van der Waals surface area contributed by atoms with Crippen molar-refractivity contribution in [2.75, 3.05) is 20.2 Å². The number of hydrogen-bond acceptors (Lipinski definition) is 4. The zero-order valence-corrected chi connectivity index (χ0v) is 15.6. The lowest BCUT2D eigenvalue weighted by molar-refractivity contribution is 0.0808. The van der Waals surface area contributed by atoms with Crippen LogP contribution in [-0.4, -0.2) is 35.9 Å². The lowest BCUT2D eigenvalue weighted by Crippen LogP contribution is -2.38. The lowest BCUT2D eigenvalue weighted by atomic mass is 9.89. The van der Waals surface area contributed by atoms with E-state index in [9.17, 15) is 4.79 Å². The SMILES string of the molecule is COc1ccccc1C(=O)[C@@H]1CCCN(Cc2ccc3ncccc3c2)C1. The molecule has 0 saturated carbocycles. The highest BCUT2D eigenvalue weighted by Gasteiger charge is 2.28. The minimum Gasteiger partial charge on any atom is -0.496 e. The Bertz CT molecular complexity index is 954. The molecule has 0 aliphatic carbocycles. The molecule has 1 atom stereocenters. The summed E-state index contributed by atoms with van der Waals surface area (Å²) in [5.74, 6) is 0.888. The number of likely N-dealkylation sites (tertiary alicyclic amines) is 1. The van der Waals surface area contributed by atoms with Gasteiger partial charge >= 0.3 is 0 Å². The van der Waals surface area contributed by atoms with E-state index in [4.69, 9.17) is 4.74 Å². The van der Waals surface area contributed by atoms with Crippen molar-refractivity contribution in [2.45, 2.75) is 19.4 Å². The Kier molecular flexibility index (Phi) is 5.16. The molecule has 0 unspecified atom stereocenters. The largest absolute Gasteiger partial charge is 0.496 e. The van der Waals surface area contributed by atoms with Crippen LogP contribution in [0, 0.1) is 5.92 Å². The van der Waals surface area contributed by atoms with Gasteiger partial charge in [-0.05, 0) is 55.3 Å². The number of para-hydroxylation sites is 1. The minimum absolute atomic E-state index is 0.0252. The van der Waals surface area contributed by atoms with Crippen molar-refractivity contribution in [3.05, 3.63) is 71.9 Å². The van der Waals surface area contributed by atoms with Crippen LogP contribution in [-0.2, 0) is 6.54 Å². The van der Waals surface area contributed by atoms with Crippen molar-refractivity contribution in [3.8, 4) is 5.75 Å². The number of Topliss-reactive ketones (excluding diaryl/α,β-unsaturated/α-hetero) is 1. The molecule has 4 nitrogen and oxygen atoms in total. The minimum atomic E-state index is 0.0252. The highest BCUT2D eigenvalue weighted by atomic mass is 16.5. The van der Waals surface area contributed by atoms with Crippen molar-refractivity contribution in [1.29, 1.82) is 0 Å². The second-order valence-electron chi connectivity index (χ2n) is 7.17. The first kappa shape index (κ1) is 17.7. The smallest absolute Gasteiger partial charge is 0.170 e. The van der Waals surface area contributed by atoms with Gasteiger partial charge in [-0.1, -0.05) is 24.3 Å². The van der Waals surface area contributed by atoms with Gasteiger partial charge < -0.3 is 4.74 Å². The normalized spacial score (nSPS) is 17.7. The molecule has 4 heteroatoms. The number of pyridine rings is 1. The van der Waals surface area contributed by atoms with Crippen molar-refractivity contribution in [1.82, 2.24) is 9.88 Å². The molecular weight excluding hydrogens is 336 g/mol. The molecule has 0 amide bonds. The number of aromatic nitrogens is 1. The number of methoxy groups -OCH3 is 1. The molecule has 2 heterocycles. The maximum atomic E-state index is 13.0. The molecule has 1 aliphatic heterocycles. The van der Waals surface area contributed by atoms with Crippen LogP contribution in [0.1, 0.15) is 28.8 Å². The number of piperidine rings is 1. The molecule has 1 aliphatic rings. The van der Waals surface area contributed by atoms with E-state index in [2.05, 4.69) is 34.1 Å². The molecule has 0 spiro atoms. The van der Waals surface area contributed by atoms with Crippen LogP contribution in [0.25, 0.3) is 10.9 Å². The van der Waals surface area contributed by atoms with Gasteiger partial charge in [0.15, 0.2) is 5.78 Å². The van der Waals surface area contributed by atoms with Gasteiger partial charge in [0.1, 0.15) is 5.75 Å². The monoisotopic (exact) mass is 360 g/mol. The Morgan fingerprint density at radius 2 is 2.07 bits per heavy atom. The third kappa shape index (κ3) is 3.86. The summed E-state index contributed by atoms with van der Waals surface area (Å²) in [7, 11) is 1.62. The number of benzene rings is 2. The summed E-state index contributed by atoms with van der Waals surface area (Å²) in [4.78, 5) is 19.8. The summed E-state index contributed by atoms with van der Waals surface area (Å²) in [5.41, 5.74) is 2.98. The Morgan fingerprint density at radius 3 is 2.96 bits per heavy atom. The van der Waals surface area contributed by atoms with E-state index in [1.165, 1.54) is 5.56 Å². The molecule has 1 aromatic heterocycles. The van der Waals surface area contributed by atoms with Gasteiger partial charge in [-0.25, -0.2) is 0 Å². The van der Waals surface area contributed by atoms with Gasteiger partial charge in [-0.3, -0.25) is 14.7 Å². The Morgan fingerprint density at radius 1 is 1.19 bits per heavy atom. The van der Waals surface area contributed by atoms with Crippen molar-refractivity contribution in [3.63, 3.8) is 0 Å². The second kappa shape index (κ2) is 7.89. The van der Waals surface area contributed by atoms with E-state index in [-0.39, 0.29) is 11.7 Å². The van der Waals surface area contributed by atoms with E-state index in [0.29, 0.717) is 11.3 Å². The molecular formula is C23H24N2O2. The number of rotatable bonds is 5. The van der Waals surface area contributed by atoms with Gasteiger partial charge in [0.25, 0.3) is 0 Å². The first-order valence-electron chi connectivity index (χ1n) is 9.48. The molecule has 1 saturated heterocycles. The maximum absolute atomic E-state index is 13.0. The number of ether oxygens (including phenoxy) is 1. The van der Waals surface area contributed by atoms with Gasteiger partial charge in [0.2, 0.25) is 0 Å². The molecule has 2 aromatic carbocycles. The summed E-state index contributed by atoms with van der Waals surface area (Å²) in [5, 5.41) is 1.16. The highest BCUT2D eigenvalue weighted by Crippen LogP contribution is 2.27. The van der Waals surface area contributed by atoms with E-state index in [1.807, 2.05) is 36.5 Å². The fourth-order valence-corrected chi connectivity index (χ4v) is 3.96. The molecule has 3 aromatic rings. The topological polar surface area (TPSA) is 42.4 Å². The summed E-state index contributed by atoms with van der Waals surface area (Å²) >= 11 is 0. The zero-order chi connectivity index (χ0) is 18.6. The molecule has 0 N–H and O–H groups in total. The summed E-state index contributed by atoms with van der Waals surface area (Å²) in [6.07, 6.45) is 3.80. The first-order valence-corrected chi connectivity index (χ1v) is 9.48. The molecule has 1 fully saturated rings. The highest BCUT2D eigenvalue weighted by molar-refractivity contribution is 6.00. The van der Waals surface area contributed by atoms with E-state index >= 15 is 0 Å². The van der Waals surface area contributed by atoms with Crippen LogP contribution < -0.4 is 4.74 Å². The van der Waals surface area contributed by atoms with Crippen molar-refractivity contribution >= 4 is 16.7 Å². The predicted octanol–water partition coefficient (Wildman–Crippen LogP) is 4.34. The number of fused-ring (bicyclic) bond motifs is 1. The van der Waals surface area contributed by atoms with E-state index in [1.54, 1.807) is 7.11 Å². The Balaban J connectivity index is 1.48. The third-order valence-electron chi connectivity index (χ3n) is 5.32. The van der Waals surface area contributed by atoms with Gasteiger partial charge in [0, 0.05) is 30.6 Å². The van der Waals surface area contributed by atoms with Crippen LogP contribution in [0.4, 0.5) is 0 Å². The average molecular weight is 360 g/mol. The van der Waals surface area contributed by atoms with Gasteiger partial charge in [-0.2, -0.15) is 0 Å². The van der Waals surface area contributed by atoms with Crippen LogP contribution >= 0.6 is 0 Å². The molecule has 0 radical (unpaired) electrons. The molecule has 0 bridgehead atoms. The Hall–Kier alpha value is -2.72. The number of hydrogen-bond donors (Lipinski definition) is 0. The maximum Gasteiger partial charge on any atom is 0.170 e. The predicted molar refractivity (Wildman–Crippen MR) is 107 cm³/mol. The number of nitrogens with zero attached hydrogens (tertiary/aromatic N) is 2. The fraction of sp³-hybridized carbons (Fsp3) is 0.304. The number of carbonyl (C=O) groups is 1. The summed E-state index contributed by atoms with van der Waals surface area (Å²) in [6.45, 7) is 2.68. The molecule has 27 heavy (non-hydrogen) atoms. The molecule has 4 rings (SSSR count). The Labute approximate surface area is 159 Å². The van der Waals surface area contributed by atoms with Crippen molar-refractivity contribution in [2.24, 2.45) is 5.92 Å². The standard InChI is InChI=1S/C23H24N2O2/c1-27-22-9-3-2-8-20(22)23(26)19-7-5-13-25(16-19)15-17-10-11-21-18(14-17)6-4-12-24-21/h2-4,6,8-12,14,19H,5,7,13,15-16H2,1H3/t19-/m1/s1. The average Bonchev–Trinajstić information content (AvgIpc) is 2.73. The van der Waals surface area contributed by atoms with Gasteiger partial charge in [-0.15, -0.1) is 0 Å². The summed E-state index contributed by atoms with van der Waals surface area (Å²) < 4.78 is 5.38. The number of carbonyl (C=O) groups excluding carboxylic acids is 1. The fourth-order valence-electron chi connectivity index (χ4n) is 3.96. The zero-order valence-electron chi connectivity index (χ0n) is 15.6. The quantitative estimate of drug-likeness (QED) is 0.635. The second-order valence-corrected chi connectivity index (χ2v) is 7.17. The lowest BCUT2D eigenvalue weighted by Gasteiger charge is -2.32. The van der Waals surface area contributed by atoms with Crippen LogP contribution in [0.3, 0.4) is 0 Å². The first-order chi connectivity index (χ1) is 13.2. The van der Waals surface area contributed by atoms with Crippen LogP contribution in [0.15, 0.2) is 60.8 Å². The third-order valence-corrected chi connectivity index (χ3v) is 5.32. The van der Waals surface area contributed by atoms with Crippen LogP contribution in [0.2, 0.25) is 0 Å². The molecule has 138 valence electrons.